The summed E-state index contributed by atoms with van der Waals surface area (Å²) in [5.41, 5.74) is 7.19. The molecule has 3 aromatic rings. The van der Waals surface area contributed by atoms with Crippen molar-refractivity contribution in [1.29, 1.82) is 0 Å². The summed E-state index contributed by atoms with van der Waals surface area (Å²) < 4.78 is 11.0. The fourth-order valence-electron chi connectivity index (χ4n) is 2.09. The first-order valence-corrected chi connectivity index (χ1v) is 6.71. The predicted octanol–water partition coefficient (Wildman–Crippen LogP) is 4.27. The molecule has 0 saturated carbocycles. The molecule has 1 aromatic heterocycles. The highest BCUT2D eigenvalue weighted by atomic mass is 35.5. The summed E-state index contributed by atoms with van der Waals surface area (Å²) in [7, 11) is 1.58. The Kier molecular flexibility index (Phi) is 3.54. The number of nitrogens with zero attached hydrogens (tertiary/aromatic N) is 1. The maximum Gasteiger partial charge on any atom is 0.142 e. The van der Waals surface area contributed by atoms with Crippen molar-refractivity contribution in [2.75, 3.05) is 12.8 Å². The molecule has 5 heteroatoms. The van der Waals surface area contributed by atoms with Gasteiger partial charge in [0, 0.05) is 22.7 Å². The molecule has 3 rings (SSSR count). The lowest BCUT2D eigenvalue weighted by atomic mass is 10.2. The Balaban J connectivity index is 2.00. The molecule has 0 aliphatic rings. The third kappa shape index (κ3) is 2.71. The van der Waals surface area contributed by atoms with Crippen LogP contribution in [0.25, 0.3) is 10.9 Å². The molecular formula is C16H13ClN2O2. The molecule has 0 saturated heterocycles. The van der Waals surface area contributed by atoms with Crippen LogP contribution in [0.5, 0.6) is 17.2 Å². The monoisotopic (exact) mass is 300 g/mol. The largest absolute Gasteiger partial charge is 0.495 e. The molecule has 0 fully saturated rings. The summed E-state index contributed by atoms with van der Waals surface area (Å²) in [6.45, 7) is 0. The average molecular weight is 301 g/mol. The Morgan fingerprint density at radius 3 is 2.67 bits per heavy atom. The molecule has 2 aromatic carbocycles. The molecular weight excluding hydrogens is 288 g/mol. The number of pyridine rings is 1. The zero-order chi connectivity index (χ0) is 14.8. The molecule has 0 aliphatic carbocycles. The summed E-state index contributed by atoms with van der Waals surface area (Å²) in [4.78, 5) is 4.28. The van der Waals surface area contributed by atoms with E-state index in [1.54, 1.807) is 49.7 Å². The third-order valence-electron chi connectivity index (χ3n) is 3.09. The predicted molar refractivity (Wildman–Crippen MR) is 84.2 cm³/mol. The number of nitrogen functional groups attached to an aromatic ring is 1. The van der Waals surface area contributed by atoms with E-state index in [0.717, 1.165) is 10.9 Å². The highest BCUT2D eigenvalue weighted by molar-refractivity contribution is 6.31. The number of halogens is 1. The lowest BCUT2D eigenvalue weighted by Crippen LogP contribution is -1.93. The van der Waals surface area contributed by atoms with Gasteiger partial charge in [0.1, 0.15) is 17.2 Å². The summed E-state index contributed by atoms with van der Waals surface area (Å²) >= 11 is 5.97. The molecule has 0 spiro atoms. The van der Waals surface area contributed by atoms with Gasteiger partial charge in [-0.1, -0.05) is 11.6 Å². The van der Waals surface area contributed by atoms with Crippen LogP contribution in [0, 0.1) is 0 Å². The van der Waals surface area contributed by atoms with Gasteiger partial charge in [0.2, 0.25) is 0 Å². The van der Waals surface area contributed by atoms with E-state index in [0.29, 0.717) is 28.0 Å². The number of ether oxygens (including phenoxy) is 2. The van der Waals surface area contributed by atoms with Gasteiger partial charge in [-0.05, 0) is 36.4 Å². The van der Waals surface area contributed by atoms with Crippen LogP contribution in [0.2, 0.25) is 5.02 Å². The van der Waals surface area contributed by atoms with Gasteiger partial charge in [-0.15, -0.1) is 0 Å². The standard InChI is InChI=1S/C16H13ClN2O2/c1-20-16-5-3-11(9-13(16)18)21-15-6-7-19-14-8-10(17)2-4-12(14)15/h2-9H,18H2,1H3. The minimum atomic E-state index is 0.524. The Bertz CT molecular complexity index is 805. The zero-order valence-corrected chi connectivity index (χ0v) is 12.1. The Hall–Kier alpha value is -2.46. The van der Waals surface area contributed by atoms with E-state index in [-0.39, 0.29) is 0 Å². The van der Waals surface area contributed by atoms with E-state index >= 15 is 0 Å². The summed E-state index contributed by atoms with van der Waals surface area (Å²) in [5, 5.41) is 1.53. The summed E-state index contributed by atoms with van der Waals surface area (Å²) in [6.07, 6.45) is 1.68. The van der Waals surface area contributed by atoms with Gasteiger partial charge >= 0.3 is 0 Å². The van der Waals surface area contributed by atoms with Gasteiger partial charge in [-0.25, -0.2) is 0 Å². The fourth-order valence-corrected chi connectivity index (χ4v) is 2.25. The van der Waals surface area contributed by atoms with Crippen LogP contribution in [-0.4, -0.2) is 12.1 Å². The lowest BCUT2D eigenvalue weighted by Gasteiger charge is -2.10. The first-order chi connectivity index (χ1) is 10.2. The average Bonchev–Trinajstić information content (AvgIpc) is 2.47. The van der Waals surface area contributed by atoms with Crippen LogP contribution in [-0.2, 0) is 0 Å². The Morgan fingerprint density at radius 2 is 1.90 bits per heavy atom. The second-order valence-corrected chi connectivity index (χ2v) is 4.91. The number of fused-ring (bicyclic) bond motifs is 1. The molecule has 106 valence electrons. The second-order valence-electron chi connectivity index (χ2n) is 4.48. The number of methoxy groups -OCH3 is 1. The van der Waals surface area contributed by atoms with E-state index < -0.39 is 0 Å². The van der Waals surface area contributed by atoms with Crippen molar-refractivity contribution < 1.29 is 9.47 Å². The van der Waals surface area contributed by atoms with Crippen LogP contribution in [0.15, 0.2) is 48.7 Å². The van der Waals surface area contributed by atoms with E-state index in [1.807, 2.05) is 6.07 Å². The number of benzene rings is 2. The van der Waals surface area contributed by atoms with Crippen molar-refractivity contribution in [3.63, 3.8) is 0 Å². The van der Waals surface area contributed by atoms with E-state index in [4.69, 9.17) is 26.8 Å². The van der Waals surface area contributed by atoms with Gasteiger partial charge in [0.05, 0.1) is 18.3 Å². The van der Waals surface area contributed by atoms with Crippen molar-refractivity contribution in [3.05, 3.63) is 53.7 Å². The van der Waals surface area contributed by atoms with Crippen molar-refractivity contribution in [1.82, 2.24) is 4.98 Å². The van der Waals surface area contributed by atoms with Crippen LogP contribution in [0.3, 0.4) is 0 Å². The van der Waals surface area contributed by atoms with Gasteiger partial charge in [0.25, 0.3) is 0 Å². The first-order valence-electron chi connectivity index (χ1n) is 6.33. The quantitative estimate of drug-likeness (QED) is 0.734. The van der Waals surface area contributed by atoms with Gasteiger partial charge in [-0.3, -0.25) is 4.98 Å². The van der Waals surface area contributed by atoms with Crippen LogP contribution in [0.1, 0.15) is 0 Å². The van der Waals surface area contributed by atoms with Gasteiger partial charge in [0.15, 0.2) is 0 Å². The molecule has 0 aliphatic heterocycles. The van der Waals surface area contributed by atoms with Crippen molar-refractivity contribution >= 4 is 28.2 Å². The number of rotatable bonds is 3. The molecule has 0 atom stereocenters. The van der Waals surface area contributed by atoms with Crippen molar-refractivity contribution in [2.24, 2.45) is 0 Å². The summed E-state index contributed by atoms with van der Waals surface area (Å²) in [5.74, 6) is 1.95. The molecule has 2 N–H and O–H groups in total. The Labute approximate surface area is 127 Å². The lowest BCUT2D eigenvalue weighted by molar-refractivity contribution is 0.415. The number of anilines is 1. The van der Waals surface area contributed by atoms with E-state index in [9.17, 15) is 0 Å². The minimum Gasteiger partial charge on any atom is -0.495 e. The number of hydrogen-bond donors (Lipinski definition) is 1. The SMILES string of the molecule is COc1ccc(Oc2ccnc3cc(Cl)ccc23)cc1N. The van der Waals surface area contributed by atoms with E-state index in [1.165, 1.54) is 0 Å². The Morgan fingerprint density at radius 1 is 1.05 bits per heavy atom. The summed E-state index contributed by atoms with van der Waals surface area (Å²) in [6, 6.07) is 12.6. The molecule has 1 heterocycles. The minimum absolute atomic E-state index is 0.524. The normalized spacial score (nSPS) is 10.6. The maximum absolute atomic E-state index is 5.97. The smallest absolute Gasteiger partial charge is 0.142 e. The van der Waals surface area contributed by atoms with Crippen LogP contribution in [0.4, 0.5) is 5.69 Å². The third-order valence-corrected chi connectivity index (χ3v) is 3.33. The second kappa shape index (κ2) is 5.50. The number of aromatic nitrogens is 1. The molecule has 0 radical (unpaired) electrons. The van der Waals surface area contributed by atoms with Gasteiger partial charge < -0.3 is 15.2 Å². The number of hydrogen-bond acceptors (Lipinski definition) is 4. The molecule has 4 nitrogen and oxygen atoms in total. The maximum atomic E-state index is 5.97. The topological polar surface area (TPSA) is 57.4 Å². The van der Waals surface area contributed by atoms with Crippen LogP contribution < -0.4 is 15.2 Å². The fraction of sp³-hybridized carbons (Fsp3) is 0.0625. The van der Waals surface area contributed by atoms with Crippen molar-refractivity contribution in [2.45, 2.75) is 0 Å². The number of nitrogens with two attached hydrogens (primary N) is 1. The molecule has 0 unspecified atom stereocenters. The highest BCUT2D eigenvalue weighted by Crippen LogP contribution is 2.33. The van der Waals surface area contributed by atoms with E-state index in [2.05, 4.69) is 4.98 Å². The molecule has 0 amide bonds. The first kappa shape index (κ1) is 13.5. The van der Waals surface area contributed by atoms with Gasteiger partial charge in [-0.2, -0.15) is 0 Å². The van der Waals surface area contributed by atoms with Crippen molar-refractivity contribution in [3.8, 4) is 17.2 Å². The highest BCUT2D eigenvalue weighted by Gasteiger charge is 2.07. The molecule has 21 heavy (non-hydrogen) atoms. The zero-order valence-electron chi connectivity index (χ0n) is 11.3. The molecule has 0 bridgehead atoms. The van der Waals surface area contributed by atoms with Crippen LogP contribution >= 0.6 is 11.6 Å².